The quantitative estimate of drug-likeness (QED) is 0.355. The van der Waals surface area contributed by atoms with E-state index in [1.54, 1.807) is 13.2 Å². The molecule has 0 unspecified atom stereocenters. The van der Waals surface area contributed by atoms with Crippen molar-refractivity contribution in [2.24, 2.45) is 5.92 Å². The third kappa shape index (κ3) is 4.47. The smallest absolute Gasteiger partial charge is 0.328 e. The van der Waals surface area contributed by atoms with Crippen molar-refractivity contribution in [1.82, 2.24) is 19.4 Å². The number of aromatic nitrogens is 3. The Morgan fingerprint density at radius 2 is 1.95 bits per heavy atom. The zero-order chi connectivity index (χ0) is 24.8. The molecule has 196 valence electrons. The van der Waals surface area contributed by atoms with Crippen LogP contribution in [0, 0.1) is 5.92 Å². The van der Waals surface area contributed by atoms with Gasteiger partial charge in [-0.3, -0.25) is 9.36 Å². The fourth-order valence-electron chi connectivity index (χ4n) is 5.57. The summed E-state index contributed by atoms with van der Waals surface area (Å²) < 4.78 is 19.5. The van der Waals surface area contributed by atoms with Crippen LogP contribution in [0.15, 0.2) is 39.9 Å². The van der Waals surface area contributed by atoms with Crippen molar-refractivity contribution in [2.45, 2.75) is 25.3 Å². The monoisotopic (exact) mass is 544 g/mol. The van der Waals surface area contributed by atoms with Gasteiger partial charge >= 0.3 is 5.69 Å². The first-order valence-corrected chi connectivity index (χ1v) is 13.0. The van der Waals surface area contributed by atoms with Crippen molar-refractivity contribution in [2.75, 3.05) is 40.5 Å². The maximum Gasteiger partial charge on any atom is 0.328 e. The molecule has 0 amide bonds. The van der Waals surface area contributed by atoms with E-state index in [1.165, 1.54) is 28.6 Å². The topological polar surface area (TPSA) is 98.7 Å². The summed E-state index contributed by atoms with van der Waals surface area (Å²) in [6, 6.07) is 9.61. The standard InChI is InChI=1S/C26H28N4O5S.ClH/c1-33-17-6-5-7-18-21(17)16-13-29(12-15(16)14-35-18)10-3-4-11-30-25(31)24-23(28-26(30)32)22-19(36-24)8-9-20(27-22)34-2;/h5-9,15-16H,3-4,10-14H2,1-2H3,(H,28,32);1H/t15-,16-;/m1./s1. The lowest BCUT2D eigenvalue weighted by molar-refractivity contribution is 0.209. The summed E-state index contributed by atoms with van der Waals surface area (Å²) in [6.07, 6.45) is 1.64. The molecule has 2 aliphatic rings. The van der Waals surface area contributed by atoms with Crippen molar-refractivity contribution in [3.8, 4) is 17.4 Å². The van der Waals surface area contributed by atoms with Crippen LogP contribution in [0.2, 0.25) is 0 Å². The molecule has 0 saturated carbocycles. The Hall–Kier alpha value is -3.08. The molecule has 1 N–H and O–H groups in total. The van der Waals surface area contributed by atoms with Gasteiger partial charge in [-0.1, -0.05) is 6.07 Å². The molecule has 1 saturated heterocycles. The highest BCUT2D eigenvalue weighted by Gasteiger charge is 2.40. The molecule has 5 heterocycles. The van der Waals surface area contributed by atoms with Gasteiger partial charge < -0.3 is 24.1 Å². The summed E-state index contributed by atoms with van der Waals surface area (Å²) in [5.41, 5.74) is 1.60. The second kappa shape index (κ2) is 10.4. The number of hydrogen-bond donors (Lipinski definition) is 1. The van der Waals surface area contributed by atoms with Crippen LogP contribution in [0.4, 0.5) is 0 Å². The number of methoxy groups -OCH3 is 2. The van der Waals surface area contributed by atoms with Crippen molar-refractivity contribution in [3.63, 3.8) is 0 Å². The fourth-order valence-corrected chi connectivity index (χ4v) is 6.61. The molecule has 9 nitrogen and oxygen atoms in total. The van der Waals surface area contributed by atoms with Gasteiger partial charge in [-0.25, -0.2) is 9.78 Å². The third-order valence-electron chi connectivity index (χ3n) is 7.33. The number of nitrogens with zero attached hydrogens (tertiary/aromatic N) is 3. The highest BCUT2D eigenvalue weighted by molar-refractivity contribution is 7.25. The van der Waals surface area contributed by atoms with Crippen molar-refractivity contribution in [1.29, 1.82) is 0 Å². The number of thiophene rings is 1. The average molecular weight is 545 g/mol. The van der Waals surface area contributed by atoms with E-state index in [1.807, 2.05) is 24.3 Å². The Labute approximate surface area is 223 Å². The first kappa shape index (κ1) is 25.6. The zero-order valence-corrected chi connectivity index (χ0v) is 22.3. The number of likely N-dealkylation sites (tertiary alicyclic amines) is 1. The maximum absolute atomic E-state index is 13.1. The second-order valence-corrected chi connectivity index (χ2v) is 10.5. The van der Waals surface area contributed by atoms with Crippen molar-refractivity contribution in [3.05, 3.63) is 56.7 Å². The van der Waals surface area contributed by atoms with E-state index < -0.39 is 5.69 Å². The van der Waals surface area contributed by atoms with Gasteiger partial charge in [0.25, 0.3) is 5.56 Å². The van der Waals surface area contributed by atoms with E-state index in [9.17, 15) is 9.59 Å². The molecule has 1 fully saturated rings. The van der Waals surface area contributed by atoms with Crippen LogP contribution in [0.25, 0.3) is 20.4 Å². The number of pyridine rings is 1. The largest absolute Gasteiger partial charge is 0.496 e. The fraction of sp³-hybridized carbons (Fsp3) is 0.423. The normalized spacial score (nSPS) is 18.8. The van der Waals surface area contributed by atoms with Crippen molar-refractivity contribution >= 4 is 44.2 Å². The molecule has 2 aliphatic heterocycles. The van der Waals surface area contributed by atoms with Crippen LogP contribution in [-0.4, -0.2) is 59.9 Å². The molecule has 11 heteroatoms. The lowest BCUT2D eigenvalue weighted by Crippen LogP contribution is -2.34. The minimum atomic E-state index is -0.398. The molecular weight excluding hydrogens is 516 g/mol. The lowest BCUT2D eigenvalue weighted by atomic mass is 9.86. The van der Waals surface area contributed by atoms with Crippen LogP contribution < -0.4 is 25.5 Å². The number of nitrogens with one attached hydrogen (secondary N) is 1. The van der Waals surface area contributed by atoms with Gasteiger partial charge in [0, 0.05) is 43.1 Å². The first-order valence-electron chi connectivity index (χ1n) is 12.2. The molecule has 0 spiro atoms. The summed E-state index contributed by atoms with van der Waals surface area (Å²) in [7, 11) is 3.25. The van der Waals surface area contributed by atoms with E-state index >= 15 is 0 Å². The Balaban J connectivity index is 0.00000280. The maximum atomic E-state index is 13.1. The summed E-state index contributed by atoms with van der Waals surface area (Å²) in [4.78, 5) is 35.6. The number of aromatic amines is 1. The van der Waals surface area contributed by atoms with Gasteiger partial charge in [-0.2, -0.15) is 0 Å². The van der Waals surface area contributed by atoms with Gasteiger partial charge in [0.2, 0.25) is 5.88 Å². The Kier molecular flexibility index (Phi) is 7.15. The molecule has 3 aromatic heterocycles. The Morgan fingerprint density at radius 3 is 2.76 bits per heavy atom. The average Bonchev–Trinajstić information content (AvgIpc) is 3.48. The summed E-state index contributed by atoms with van der Waals surface area (Å²) in [5, 5.41) is 0. The number of halogens is 1. The van der Waals surface area contributed by atoms with Gasteiger partial charge in [0.1, 0.15) is 21.7 Å². The molecule has 0 aliphatic carbocycles. The number of H-pyrrole nitrogens is 1. The molecule has 6 rings (SSSR count). The highest BCUT2D eigenvalue weighted by atomic mass is 35.5. The number of ether oxygens (including phenoxy) is 3. The third-order valence-corrected chi connectivity index (χ3v) is 8.46. The molecule has 0 radical (unpaired) electrons. The lowest BCUT2D eigenvalue weighted by Gasteiger charge is -2.29. The minimum Gasteiger partial charge on any atom is -0.496 e. The van der Waals surface area contributed by atoms with Crippen LogP contribution >= 0.6 is 23.7 Å². The van der Waals surface area contributed by atoms with Crippen molar-refractivity contribution < 1.29 is 14.2 Å². The SMILES string of the molecule is COc1ccc2sc3c(=O)n(CCCCN4C[C@@H]5COc6cccc(OC)c6[C@@H]5C4)c(=O)[nH]c3c2n1.Cl. The van der Waals surface area contributed by atoms with E-state index in [0.29, 0.717) is 40.0 Å². The first-order chi connectivity index (χ1) is 17.6. The predicted molar refractivity (Wildman–Crippen MR) is 146 cm³/mol. The molecule has 4 aromatic rings. The van der Waals surface area contributed by atoms with E-state index in [4.69, 9.17) is 14.2 Å². The minimum absolute atomic E-state index is 0. The van der Waals surface area contributed by atoms with Crippen LogP contribution in [0.3, 0.4) is 0 Å². The highest BCUT2D eigenvalue weighted by Crippen LogP contribution is 2.46. The van der Waals surface area contributed by atoms with Gasteiger partial charge in [0.05, 0.1) is 31.0 Å². The zero-order valence-electron chi connectivity index (χ0n) is 20.7. The number of hydrogen-bond acceptors (Lipinski definition) is 8. The Morgan fingerprint density at radius 1 is 1.11 bits per heavy atom. The van der Waals surface area contributed by atoms with E-state index in [-0.39, 0.29) is 18.0 Å². The van der Waals surface area contributed by atoms with Crippen LogP contribution in [0.1, 0.15) is 24.3 Å². The molecule has 1 aromatic carbocycles. The summed E-state index contributed by atoms with van der Waals surface area (Å²) >= 11 is 1.35. The number of rotatable bonds is 7. The molecule has 2 atom stereocenters. The summed E-state index contributed by atoms with van der Waals surface area (Å²) in [5.74, 6) is 3.12. The van der Waals surface area contributed by atoms with Crippen LogP contribution in [0.5, 0.6) is 17.4 Å². The van der Waals surface area contributed by atoms with Gasteiger partial charge in [0.15, 0.2) is 0 Å². The molecular formula is C26H29ClN4O5S. The Bertz CT molecular complexity index is 1550. The second-order valence-electron chi connectivity index (χ2n) is 9.41. The van der Waals surface area contributed by atoms with Gasteiger partial charge in [-0.05, 0) is 37.6 Å². The molecule has 37 heavy (non-hydrogen) atoms. The van der Waals surface area contributed by atoms with Gasteiger partial charge in [-0.15, -0.1) is 23.7 Å². The number of fused-ring (bicyclic) bond motifs is 6. The predicted octanol–water partition coefficient (Wildman–Crippen LogP) is 3.63. The van der Waals surface area contributed by atoms with E-state index in [0.717, 1.165) is 55.3 Å². The number of benzene rings is 1. The number of unbranched alkanes of at least 4 members (excludes halogenated alkanes) is 1. The van der Waals surface area contributed by atoms with E-state index in [2.05, 4.69) is 14.9 Å². The molecule has 0 bridgehead atoms. The van der Waals surface area contributed by atoms with Crippen LogP contribution in [-0.2, 0) is 6.54 Å². The summed E-state index contributed by atoms with van der Waals surface area (Å²) in [6.45, 7) is 3.97.